The van der Waals surface area contributed by atoms with Gasteiger partial charge in [0.2, 0.25) is 11.8 Å². The van der Waals surface area contributed by atoms with Crippen LogP contribution in [0.4, 0.5) is 9.59 Å². The molecule has 0 aromatic heterocycles. The summed E-state index contributed by atoms with van der Waals surface area (Å²) in [6, 6.07) is 8.73. The fourth-order valence-electron chi connectivity index (χ4n) is 3.95. The molecule has 206 valence electrons. The summed E-state index contributed by atoms with van der Waals surface area (Å²) >= 11 is 0. The van der Waals surface area contributed by atoms with Crippen LogP contribution in [0.5, 0.6) is 0 Å². The second kappa shape index (κ2) is 15.0. The van der Waals surface area contributed by atoms with Gasteiger partial charge in [0.05, 0.1) is 12.6 Å². The molecule has 11 heteroatoms. The Labute approximate surface area is 218 Å². The van der Waals surface area contributed by atoms with Crippen LogP contribution in [0.15, 0.2) is 30.3 Å². The van der Waals surface area contributed by atoms with Crippen LogP contribution in [0.1, 0.15) is 58.4 Å². The van der Waals surface area contributed by atoms with E-state index in [2.05, 4.69) is 16.0 Å². The zero-order valence-electron chi connectivity index (χ0n) is 22.1. The van der Waals surface area contributed by atoms with Crippen molar-refractivity contribution in [2.45, 2.75) is 77.2 Å². The molecule has 1 aliphatic heterocycles. The Hall–Kier alpha value is -3.34. The molecule has 0 saturated carbocycles. The lowest BCUT2D eigenvalue weighted by Gasteiger charge is -2.29. The van der Waals surface area contributed by atoms with Crippen LogP contribution in [0, 0.1) is 0 Å². The number of nitrogens with zero attached hydrogens (tertiary/aromatic N) is 1. The third kappa shape index (κ3) is 12.0. The molecule has 0 radical (unpaired) electrons. The van der Waals surface area contributed by atoms with Gasteiger partial charge in [-0.1, -0.05) is 30.3 Å². The van der Waals surface area contributed by atoms with Gasteiger partial charge >= 0.3 is 12.2 Å². The summed E-state index contributed by atoms with van der Waals surface area (Å²) in [5.41, 5.74) is 5.48. The predicted molar refractivity (Wildman–Crippen MR) is 138 cm³/mol. The summed E-state index contributed by atoms with van der Waals surface area (Å²) in [4.78, 5) is 49.9. The van der Waals surface area contributed by atoms with Crippen molar-refractivity contribution in [1.82, 2.24) is 20.9 Å². The largest absolute Gasteiger partial charge is 0.445 e. The van der Waals surface area contributed by atoms with Gasteiger partial charge < -0.3 is 36.1 Å². The molecule has 1 aromatic carbocycles. The van der Waals surface area contributed by atoms with Gasteiger partial charge in [0.25, 0.3) is 0 Å². The number of carbonyl (C=O) groups is 4. The number of carbonyl (C=O) groups excluding carboxylic acids is 4. The first-order valence-electron chi connectivity index (χ1n) is 12.8. The van der Waals surface area contributed by atoms with Crippen molar-refractivity contribution in [1.29, 1.82) is 0 Å². The topological polar surface area (TPSA) is 152 Å². The summed E-state index contributed by atoms with van der Waals surface area (Å²) in [5.74, 6) is -0.965. The van der Waals surface area contributed by atoms with E-state index in [1.165, 1.54) is 0 Å². The highest BCUT2D eigenvalue weighted by Crippen LogP contribution is 2.20. The van der Waals surface area contributed by atoms with E-state index < -0.39 is 23.6 Å². The van der Waals surface area contributed by atoms with Gasteiger partial charge in [-0.3, -0.25) is 9.59 Å². The molecule has 1 heterocycles. The molecule has 1 fully saturated rings. The average Bonchev–Trinajstić information content (AvgIpc) is 3.31. The quantitative estimate of drug-likeness (QED) is 0.291. The van der Waals surface area contributed by atoms with E-state index in [-0.39, 0.29) is 31.2 Å². The number of likely N-dealkylation sites (tertiary alicyclic amines) is 1. The Kier molecular flexibility index (Phi) is 12.1. The SMILES string of the molecule is CC(C)(C)OC(=O)N1CCCC1CN[C@@H](CCCCNC(=O)OCc1ccccc1)C(=O)NCC(N)=O. The first kappa shape index (κ1) is 29.9. The van der Waals surface area contributed by atoms with E-state index in [4.69, 9.17) is 15.2 Å². The number of alkyl carbamates (subject to hydrolysis) is 1. The van der Waals surface area contributed by atoms with E-state index in [1.54, 1.807) is 4.90 Å². The second-order valence-electron chi connectivity index (χ2n) is 10.1. The molecule has 5 N–H and O–H groups in total. The number of ether oxygens (including phenoxy) is 2. The molecule has 37 heavy (non-hydrogen) atoms. The van der Waals surface area contributed by atoms with E-state index in [1.807, 2.05) is 51.1 Å². The third-order valence-corrected chi connectivity index (χ3v) is 5.76. The Morgan fingerprint density at radius 3 is 2.51 bits per heavy atom. The van der Waals surface area contributed by atoms with Gasteiger partial charge in [0, 0.05) is 25.7 Å². The van der Waals surface area contributed by atoms with Gasteiger partial charge in [0.1, 0.15) is 12.2 Å². The van der Waals surface area contributed by atoms with Crippen molar-refractivity contribution in [3.63, 3.8) is 0 Å². The zero-order valence-corrected chi connectivity index (χ0v) is 22.1. The molecular weight excluding hydrogens is 478 g/mol. The minimum atomic E-state index is -0.628. The lowest BCUT2D eigenvalue weighted by molar-refractivity contribution is -0.126. The molecular formula is C26H41N5O6. The highest BCUT2D eigenvalue weighted by atomic mass is 16.6. The number of hydrogen-bond donors (Lipinski definition) is 4. The number of unbranched alkanes of at least 4 members (excludes halogenated alkanes) is 1. The Bertz CT molecular complexity index is 889. The van der Waals surface area contributed by atoms with Crippen LogP contribution in [-0.2, 0) is 25.7 Å². The Morgan fingerprint density at radius 1 is 1.11 bits per heavy atom. The number of benzene rings is 1. The van der Waals surface area contributed by atoms with Crippen molar-refractivity contribution < 1.29 is 28.7 Å². The third-order valence-electron chi connectivity index (χ3n) is 5.76. The van der Waals surface area contributed by atoms with Crippen LogP contribution >= 0.6 is 0 Å². The van der Waals surface area contributed by atoms with E-state index in [0.717, 1.165) is 18.4 Å². The maximum Gasteiger partial charge on any atom is 0.410 e. The van der Waals surface area contributed by atoms with E-state index in [0.29, 0.717) is 38.9 Å². The van der Waals surface area contributed by atoms with Crippen molar-refractivity contribution in [3.8, 4) is 0 Å². The van der Waals surface area contributed by atoms with Crippen LogP contribution in [0.3, 0.4) is 0 Å². The summed E-state index contributed by atoms with van der Waals surface area (Å²) in [5, 5.41) is 8.50. The fourth-order valence-corrected chi connectivity index (χ4v) is 3.95. The minimum absolute atomic E-state index is 0.0951. The van der Waals surface area contributed by atoms with E-state index >= 15 is 0 Å². The summed E-state index contributed by atoms with van der Waals surface area (Å²) in [6.07, 6.45) is 2.55. The molecule has 11 nitrogen and oxygen atoms in total. The molecule has 0 aliphatic carbocycles. The predicted octanol–water partition coefficient (Wildman–Crippen LogP) is 2.04. The number of nitrogens with one attached hydrogen (secondary N) is 3. The van der Waals surface area contributed by atoms with Gasteiger partial charge in [-0.05, 0) is 58.4 Å². The van der Waals surface area contributed by atoms with Crippen molar-refractivity contribution in [3.05, 3.63) is 35.9 Å². The van der Waals surface area contributed by atoms with Crippen LogP contribution in [-0.4, -0.2) is 72.8 Å². The van der Waals surface area contributed by atoms with Crippen LogP contribution in [0.25, 0.3) is 0 Å². The summed E-state index contributed by atoms with van der Waals surface area (Å²) in [7, 11) is 0. The normalized spacial score (nSPS) is 16.1. The number of primary amides is 1. The van der Waals surface area contributed by atoms with Gasteiger partial charge in [-0.2, -0.15) is 0 Å². The average molecular weight is 520 g/mol. The molecule has 0 bridgehead atoms. The molecule has 1 aliphatic rings. The maximum absolute atomic E-state index is 12.7. The number of rotatable bonds is 13. The number of hydrogen-bond acceptors (Lipinski definition) is 7. The Balaban J connectivity index is 1.78. The van der Waals surface area contributed by atoms with Gasteiger partial charge in [-0.25, -0.2) is 9.59 Å². The molecule has 2 atom stereocenters. The van der Waals surface area contributed by atoms with Gasteiger partial charge in [0.15, 0.2) is 0 Å². The molecule has 1 unspecified atom stereocenters. The smallest absolute Gasteiger partial charge is 0.410 e. The monoisotopic (exact) mass is 519 g/mol. The maximum atomic E-state index is 12.7. The highest BCUT2D eigenvalue weighted by molar-refractivity contribution is 5.86. The van der Waals surface area contributed by atoms with Crippen LogP contribution < -0.4 is 21.7 Å². The summed E-state index contributed by atoms with van der Waals surface area (Å²) in [6.45, 7) is 6.84. The number of amides is 4. The molecule has 4 amide bonds. The molecule has 1 aromatic rings. The summed E-state index contributed by atoms with van der Waals surface area (Å²) < 4.78 is 10.7. The van der Waals surface area contributed by atoms with Crippen molar-refractivity contribution >= 4 is 24.0 Å². The molecule has 0 spiro atoms. The Morgan fingerprint density at radius 2 is 1.84 bits per heavy atom. The highest BCUT2D eigenvalue weighted by Gasteiger charge is 2.33. The van der Waals surface area contributed by atoms with Crippen molar-refractivity contribution in [2.75, 3.05) is 26.2 Å². The first-order chi connectivity index (χ1) is 17.5. The molecule has 1 saturated heterocycles. The standard InChI is InChI=1S/C26H41N5O6/c1-26(2,3)37-25(35)31-15-9-12-20(31)16-29-21(23(33)30-17-22(27)32)13-7-8-14-28-24(34)36-18-19-10-5-4-6-11-19/h4-6,10-11,20-21,29H,7-9,12-18H2,1-3H3,(H2,27,32)(H,28,34)(H,30,33)/t20?,21-/m0/s1. The fraction of sp³-hybridized carbons (Fsp3) is 0.615. The van der Waals surface area contributed by atoms with Crippen molar-refractivity contribution in [2.24, 2.45) is 5.73 Å². The lowest BCUT2D eigenvalue weighted by Crippen LogP contribution is -2.51. The van der Waals surface area contributed by atoms with E-state index in [9.17, 15) is 19.2 Å². The van der Waals surface area contributed by atoms with Crippen LogP contribution in [0.2, 0.25) is 0 Å². The minimum Gasteiger partial charge on any atom is -0.445 e. The van der Waals surface area contributed by atoms with Gasteiger partial charge in [-0.15, -0.1) is 0 Å². The lowest BCUT2D eigenvalue weighted by atomic mass is 10.1. The molecule has 2 rings (SSSR count). The second-order valence-corrected chi connectivity index (χ2v) is 10.1. The zero-order chi connectivity index (χ0) is 27.3. The first-order valence-corrected chi connectivity index (χ1v) is 12.8. The number of nitrogens with two attached hydrogens (primary N) is 1.